The Morgan fingerprint density at radius 3 is 2.11 bits per heavy atom. The highest BCUT2D eigenvalue weighted by Crippen LogP contribution is 2.35. The van der Waals surface area contributed by atoms with E-state index in [1.807, 2.05) is 48.8 Å². The molecule has 1 aliphatic carbocycles. The number of nitrogens with one attached hydrogen (secondary N) is 2. The van der Waals surface area contributed by atoms with E-state index in [-0.39, 0.29) is 42.0 Å². The second-order valence-electron chi connectivity index (χ2n) is 14.8. The molecule has 1 atom stereocenters. The molecule has 3 fully saturated rings. The van der Waals surface area contributed by atoms with Gasteiger partial charge in [0.15, 0.2) is 0 Å². The molecule has 0 radical (unpaired) electrons. The van der Waals surface area contributed by atoms with E-state index in [1.54, 1.807) is 18.2 Å². The van der Waals surface area contributed by atoms with Crippen molar-refractivity contribution in [3.8, 4) is 6.07 Å². The zero-order chi connectivity index (χ0) is 37.7. The topological polar surface area (TPSA) is 148 Å². The lowest BCUT2D eigenvalue weighted by atomic mass is 9.90. The number of fused-ring (bicyclic) bond motifs is 2. The molecule has 1 saturated carbocycles. The van der Waals surface area contributed by atoms with Gasteiger partial charge in [-0.2, -0.15) is 5.26 Å². The second-order valence-corrected chi connectivity index (χ2v) is 15.2. The summed E-state index contributed by atoms with van der Waals surface area (Å²) in [6.45, 7) is 1.68. The summed E-state index contributed by atoms with van der Waals surface area (Å²) in [5.41, 5.74) is 3.73. The quantitative estimate of drug-likeness (QED) is 0.233. The van der Waals surface area contributed by atoms with Crippen molar-refractivity contribution in [3.63, 3.8) is 0 Å². The lowest BCUT2D eigenvalue weighted by Crippen LogP contribution is -2.54. The number of imide groups is 2. The van der Waals surface area contributed by atoms with Crippen LogP contribution in [0.5, 0.6) is 0 Å². The summed E-state index contributed by atoms with van der Waals surface area (Å²) in [6.07, 6.45) is 9.71. The predicted octanol–water partition coefficient (Wildman–Crippen LogP) is 5.59. The molecule has 2 N–H and O–H groups in total. The number of halogens is 1. The maximum Gasteiger partial charge on any atom is 0.262 e. The molecule has 2 saturated heterocycles. The minimum Gasteiger partial charge on any atom is -0.372 e. The summed E-state index contributed by atoms with van der Waals surface area (Å²) in [5, 5.41) is 16.8. The molecule has 3 aliphatic heterocycles. The van der Waals surface area contributed by atoms with E-state index >= 15 is 0 Å². The molecule has 4 aromatic rings. The molecule has 1 aromatic heterocycles. The number of amides is 5. The molecule has 1 unspecified atom stereocenters. The van der Waals surface area contributed by atoms with Crippen LogP contribution in [0.1, 0.15) is 94.0 Å². The Kier molecular flexibility index (Phi) is 9.36. The average Bonchev–Trinajstić information content (AvgIpc) is 3.71. The molecule has 4 heterocycles. The molecule has 0 bridgehead atoms. The zero-order valence-electron chi connectivity index (χ0n) is 29.9. The average molecular weight is 746 g/mol. The number of benzene rings is 3. The van der Waals surface area contributed by atoms with Crippen molar-refractivity contribution in [1.82, 2.24) is 20.1 Å². The molecule has 276 valence electrons. The molecule has 0 spiro atoms. The van der Waals surface area contributed by atoms with Gasteiger partial charge in [0.25, 0.3) is 17.7 Å². The number of hydrogen-bond donors (Lipinski definition) is 2. The van der Waals surface area contributed by atoms with Crippen LogP contribution < -0.4 is 20.4 Å². The maximum atomic E-state index is 13.3. The normalized spacial score (nSPS) is 21.9. The van der Waals surface area contributed by atoms with Gasteiger partial charge in [-0.05, 0) is 99.5 Å². The largest absolute Gasteiger partial charge is 0.372 e. The Morgan fingerprint density at radius 1 is 0.870 bits per heavy atom. The van der Waals surface area contributed by atoms with Crippen molar-refractivity contribution in [3.05, 3.63) is 94.3 Å². The van der Waals surface area contributed by atoms with Crippen LogP contribution in [-0.4, -0.2) is 77.3 Å². The third-order valence-corrected chi connectivity index (χ3v) is 12.0. The molecule has 8 rings (SSSR count). The zero-order valence-corrected chi connectivity index (χ0v) is 30.6. The number of rotatable bonds is 7. The molecule has 13 heteroatoms. The van der Waals surface area contributed by atoms with Crippen LogP contribution in [0.3, 0.4) is 0 Å². The third-order valence-electron chi connectivity index (χ3n) is 11.7. The third kappa shape index (κ3) is 6.57. The van der Waals surface area contributed by atoms with Gasteiger partial charge < -0.3 is 19.7 Å². The summed E-state index contributed by atoms with van der Waals surface area (Å²) in [5.74, 6) is -2.09. The fourth-order valence-electron chi connectivity index (χ4n) is 8.49. The molecular weight excluding hydrogens is 706 g/mol. The first-order chi connectivity index (χ1) is 26.1. The number of nitrogens with zero attached hydrogens (tertiary/aromatic N) is 5. The summed E-state index contributed by atoms with van der Waals surface area (Å²) in [4.78, 5) is 69.3. The smallest absolute Gasteiger partial charge is 0.262 e. The van der Waals surface area contributed by atoms with Gasteiger partial charge in [-0.25, -0.2) is 0 Å². The van der Waals surface area contributed by atoms with E-state index in [0.29, 0.717) is 22.2 Å². The van der Waals surface area contributed by atoms with Crippen LogP contribution in [0.15, 0.2) is 67.0 Å². The summed E-state index contributed by atoms with van der Waals surface area (Å²) < 4.78 is 2.17. The van der Waals surface area contributed by atoms with Crippen molar-refractivity contribution >= 4 is 63.3 Å². The first kappa shape index (κ1) is 35.4. The first-order valence-electron chi connectivity index (χ1n) is 18.5. The van der Waals surface area contributed by atoms with Crippen LogP contribution in [0.4, 0.5) is 11.4 Å². The van der Waals surface area contributed by atoms with Crippen LogP contribution >= 0.6 is 11.6 Å². The summed E-state index contributed by atoms with van der Waals surface area (Å²) in [6, 6.07) is 18.6. The van der Waals surface area contributed by atoms with Crippen molar-refractivity contribution in [2.45, 2.75) is 75.5 Å². The van der Waals surface area contributed by atoms with E-state index in [4.69, 9.17) is 11.6 Å². The van der Waals surface area contributed by atoms with Crippen molar-refractivity contribution in [2.24, 2.45) is 0 Å². The SMILES string of the molecule is CN(c1ccc(C#N)c(Cl)c1)C1CCC(NC(=O)c2ccc(N3CCC(n4cc5cc6c(cc5c4)C(=O)N(C4CCC(=O)NC4=O)C6=O)CC3)cc2)CC1. The monoisotopic (exact) mass is 745 g/mol. The minimum absolute atomic E-state index is 0.0614. The molecule has 54 heavy (non-hydrogen) atoms. The lowest BCUT2D eigenvalue weighted by Gasteiger charge is -2.36. The van der Waals surface area contributed by atoms with Crippen molar-refractivity contribution in [2.75, 3.05) is 29.9 Å². The summed E-state index contributed by atoms with van der Waals surface area (Å²) >= 11 is 6.26. The van der Waals surface area contributed by atoms with Crippen LogP contribution in [0.2, 0.25) is 5.02 Å². The standard InChI is InChI=1S/C41H40ClN7O5/c1-46(32-9-4-25(21-43)35(42)20-32)29-10-5-28(6-11-29)44-38(51)24-2-7-30(8-3-24)47-16-14-31(15-17-47)48-22-26-18-33-34(19-27(26)23-48)41(54)49(40(33)53)36-12-13-37(50)45-39(36)52/h2-4,7-9,18-20,22-23,28-29,31,36H,5-6,10-17H2,1H3,(H,44,51)(H,45,50,52). The maximum absolute atomic E-state index is 13.3. The van der Waals surface area contributed by atoms with Crippen molar-refractivity contribution < 1.29 is 24.0 Å². The molecule has 12 nitrogen and oxygen atoms in total. The number of anilines is 2. The Balaban J connectivity index is 0.834. The van der Waals surface area contributed by atoms with Crippen molar-refractivity contribution in [1.29, 1.82) is 5.26 Å². The Bertz CT molecular complexity index is 2180. The molecule has 5 amide bonds. The fourth-order valence-corrected chi connectivity index (χ4v) is 8.71. The summed E-state index contributed by atoms with van der Waals surface area (Å²) in [7, 11) is 2.05. The van der Waals surface area contributed by atoms with Gasteiger partial charge in [0, 0.05) is 84.8 Å². The van der Waals surface area contributed by atoms with Gasteiger partial charge >= 0.3 is 0 Å². The number of hydrogen-bond acceptors (Lipinski definition) is 8. The number of carbonyl (C=O) groups is 5. The number of aromatic nitrogens is 1. The molecule has 4 aliphatic rings. The van der Waals surface area contributed by atoms with Gasteiger partial charge in [-0.15, -0.1) is 0 Å². The highest BCUT2D eigenvalue weighted by molar-refractivity contribution is 6.32. The number of carbonyl (C=O) groups excluding carboxylic acids is 5. The van der Waals surface area contributed by atoms with Gasteiger partial charge in [-0.1, -0.05) is 11.6 Å². The Morgan fingerprint density at radius 2 is 1.52 bits per heavy atom. The highest BCUT2D eigenvalue weighted by Gasteiger charge is 2.45. The Labute approximate surface area is 317 Å². The first-order valence-corrected chi connectivity index (χ1v) is 18.9. The van der Waals surface area contributed by atoms with Crippen LogP contribution in [0, 0.1) is 11.3 Å². The van der Waals surface area contributed by atoms with E-state index in [1.165, 1.54) is 0 Å². The number of piperidine rings is 2. The number of nitriles is 1. The molecule has 3 aromatic carbocycles. The van der Waals surface area contributed by atoms with Gasteiger partial charge in [-0.3, -0.25) is 34.2 Å². The van der Waals surface area contributed by atoms with Crippen LogP contribution in [-0.2, 0) is 9.59 Å². The lowest BCUT2D eigenvalue weighted by molar-refractivity contribution is -0.136. The van der Waals surface area contributed by atoms with Gasteiger partial charge in [0.05, 0.1) is 21.7 Å². The second kappa shape index (κ2) is 14.3. The van der Waals surface area contributed by atoms with Gasteiger partial charge in [0.1, 0.15) is 12.1 Å². The molecular formula is C41H40ClN7O5. The minimum atomic E-state index is -0.986. The van der Waals surface area contributed by atoms with E-state index in [0.717, 1.165) is 78.7 Å². The highest BCUT2D eigenvalue weighted by atomic mass is 35.5. The Hall–Kier alpha value is -5.67. The predicted molar refractivity (Wildman–Crippen MR) is 204 cm³/mol. The van der Waals surface area contributed by atoms with Crippen LogP contribution in [0.25, 0.3) is 10.8 Å². The van der Waals surface area contributed by atoms with Gasteiger partial charge in [0.2, 0.25) is 11.8 Å². The van der Waals surface area contributed by atoms with E-state index in [9.17, 15) is 29.2 Å². The fraction of sp³-hybridized carbons (Fsp3) is 0.366. The van der Waals surface area contributed by atoms with E-state index < -0.39 is 29.7 Å². The van der Waals surface area contributed by atoms with E-state index in [2.05, 4.69) is 38.1 Å².